The number of hydrogen-bond donors (Lipinski definition) is 0. The maximum atomic E-state index is 8.58. The normalized spacial score (nSPS) is 3.71. The van der Waals surface area contributed by atoms with Gasteiger partial charge in [0.15, 0.2) is 0 Å². The van der Waals surface area contributed by atoms with Gasteiger partial charge in [-0.3, -0.25) is 0 Å². The summed E-state index contributed by atoms with van der Waals surface area (Å²) in [5.41, 5.74) is 0. The Kier molecular flexibility index (Phi) is 52.1. The third kappa shape index (κ3) is 43.3. The molecule has 0 bridgehead atoms. The Hall–Kier alpha value is 3.54. The van der Waals surface area contributed by atoms with Gasteiger partial charge in [0.25, 0.3) is 0 Å². The Balaban J connectivity index is -0.0000000150. The fourth-order valence-corrected chi connectivity index (χ4v) is 0. The predicted octanol–water partition coefficient (Wildman–Crippen LogP) is -3.38. The zero-order valence-corrected chi connectivity index (χ0v) is 14.0. The summed E-state index contributed by atoms with van der Waals surface area (Å²) in [6.07, 6.45) is 0. The van der Waals surface area contributed by atoms with E-state index in [1.807, 2.05) is 0 Å². The van der Waals surface area contributed by atoms with Crippen LogP contribution >= 0.6 is 0 Å². The molecule has 0 atom stereocenters. The SMILES string of the molecule is [Ba+2].[Ba+2].[O-2].[O]=[Ti]([O-])[O-]. The maximum absolute atomic E-state index is 8.58. The summed E-state index contributed by atoms with van der Waals surface area (Å²) in [5, 5.41) is 0. The van der Waals surface area contributed by atoms with Crippen LogP contribution in [0.3, 0.4) is 0 Å². The summed E-state index contributed by atoms with van der Waals surface area (Å²) < 4.78 is 25.8. The molecule has 0 aliphatic rings. The average Bonchev–Trinajstić information content (AvgIpc) is 0.811. The van der Waals surface area contributed by atoms with Crippen molar-refractivity contribution in [2.75, 3.05) is 0 Å². The van der Waals surface area contributed by atoms with Gasteiger partial charge in [-0.1, -0.05) is 0 Å². The van der Waals surface area contributed by atoms with Crippen LogP contribution in [0.25, 0.3) is 0 Å². The van der Waals surface area contributed by atoms with Crippen molar-refractivity contribution in [1.82, 2.24) is 0 Å². The first-order chi connectivity index (χ1) is 1.73. The number of rotatable bonds is 0. The van der Waals surface area contributed by atoms with Crippen molar-refractivity contribution in [3.05, 3.63) is 0 Å². The van der Waals surface area contributed by atoms with Crippen molar-refractivity contribution >= 4 is 97.8 Å². The van der Waals surface area contributed by atoms with Gasteiger partial charge in [-0.2, -0.15) is 0 Å². The monoisotopic (exact) mass is 388 g/mol. The van der Waals surface area contributed by atoms with Crippen molar-refractivity contribution in [2.24, 2.45) is 0 Å². The van der Waals surface area contributed by atoms with Crippen LogP contribution in [0, 0.1) is 0 Å². The molecule has 32 valence electrons. The van der Waals surface area contributed by atoms with Crippen molar-refractivity contribution in [2.45, 2.75) is 0 Å². The topological polar surface area (TPSA) is 91.7 Å². The molecule has 0 N–H and O–H groups in total. The van der Waals surface area contributed by atoms with E-state index in [0.717, 1.165) is 0 Å². The molecule has 7 heteroatoms. The van der Waals surface area contributed by atoms with Crippen molar-refractivity contribution < 1.29 is 34.8 Å². The zero-order valence-electron chi connectivity index (χ0n) is 3.55. The standard InChI is InChI=1S/2Ba.4O.Ti/q2*+2;;-2;2*-1;. The van der Waals surface area contributed by atoms with Crippen LogP contribution < -0.4 is 7.38 Å². The summed E-state index contributed by atoms with van der Waals surface area (Å²) in [6, 6.07) is 0. The quantitative estimate of drug-likeness (QED) is 0.407. The van der Waals surface area contributed by atoms with Crippen LogP contribution in [-0.2, 0) is 27.4 Å². The average molecular weight is 387 g/mol. The summed E-state index contributed by atoms with van der Waals surface area (Å²) in [7, 11) is 0. The van der Waals surface area contributed by atoms with Crippen LogP contribution in [0.1, 0.15) is 0 Å². The van der Waals surface area contributed by atoms with Gasteiger partial charge in [0.05, 0.1) is 0 Å². The van der Waals surface area contributed by atoms with E-state index in [4.69, 9.17) is 10.7 Å². The molecule has 7 heavy (non-hydrogen) atoms. The van der Waals surface area contributed by atoms with E-state index in [0.29, 0.717) is 0 Å². The van der Waals surface area contributed by atoms with E-state index < -0.39 is 18.6 Å². The van der Waals surface area contributed by atoms with Crippen LogP contribution in [0.4, 0.5) is 0 Å². The fourth-order valence-electron chi connectivity index (χ4n) is 0. The van der Waals surface area contributed by atoms with Gasteiger partial charge >= 0.3 is 127 Å². The molecule has 0 aliphatic carbocycles. The molecule has 0 saturated carbocycles. The molecule has 0 heterocycles. The second-order valence-electron chi connectivity index (χ2n) is 0.250. The van der Waals surface area contributed by atoms with E-state index in [-0.39, 0.29) is 103 Å². The molecular weight excluding hydrogens is 387 g/mol. The van der Waals surface area contributed by atoms with Crippen molar-refractivity contribution in [1.29, 1.82) is 0 Å². The summed E-state index contributed by atoms with van der Waals surface area (Å²) in [4.78, 5) is 0. The Bertz CT molecular complexity index is 32.7. The minimum absolute atomic E-state index is 0. The van der Waals surface area contributed by atoms with Gasteiger partial charge in [-0.25, -0.2) is 0 Å². The third-order valence-electron chi connectivity index (χ3n) is 0. The van der Waals surface area contributed by atoms with E-state index in [1.165, 1.54) is 0 Å². The molecule has 0 radical (unpaired) electrons. The van der Waals surface area contributed by atoms with Gasteiger partial charge in [-0.15, -0.1) is 0 Å². The van der Waals surface area contributed by atoms with E-state index in [1.54, 1.807) is 0 Å². The molecule has 0 aromatic carbocycles. The molecule has 0 spiro atoms. The van der Waals surface area contributed by atoms with Gasteiger partial charge < -0.3 is 5.48 Å². The first-order valence-electron chi connectivity index (χ1n) is 0.612. The Labute approximate surface area is 129 Å². The van der Waals surface area contributed by atoms with Gasteiger partial charge in [0.1, 0.15) is 0 Å². The second kappa shape index (κ2) is 16.3. The first kappa shape index (κ1) is 22.4. The van der Waals surface area contributed by atoms with E-state index in [2.05, 4.69) is 0 Å². The molecule has 0 amide bonds. The fraction of sp³-hybridized carbons (Fsp3) is 0. The summed E-state index contributed by atoms with van der Waals surface area (Å²) >= 11 is -4.08. The minimum atomic E-state index is -4.08. The van der Waals surface area contributed by atoms with Gasteiger partial charge in [0.2, 0.25) is 0 Å². The summed E-state index contributed by atoms with van der Waals surface area (Å²) in [6.45, 7) is 0. The predicted molar refractivity (Wildman–Crippen MR) is 12.9 cm³/mol. The second-order valence-corrected chi connectivity index (χ2v) is 1.03. The first-order valence-corrected chi connectivity index (χ1v) is 2.52. The molecule has 0 aromatic rings. The molecular formula is Ba2O4Ti. The summed E-state index contributed by atoms with van der Waals surface area (Å²) in [5.74, 6) is 0. The molecule has 4 nitrogen and oxygen atoms in total. The van der Waals surface area contributed by atoms with E-state index in [9.17, 15) is 0 Å². The van der Waals surface area contributed by atoms with Gasteiger partial charge in [-0.05, 0) is 0 Å². The third-order valence-corrected chi connectivity index (χ3v) is 0. The van der Waals surface area contributed by atoms with Crippen LogP contribution in [0.5, 0.6) is 0 Å². The Morgan fingerprint density at radius 2 is 1.14 bits per heavy atom. The molecule has 0 aromatic heterocycles. The van der Waals surface area contributed by atoms with Crippen LogP contribution in [0.2, 0.25) is 0 Å². The van der Waals surface area contributed by atoms with E-state index >= 15 is 0 Å². The Morgan fingerprint density at radius 3 is 1.14 bits per heavy atom. The molecule has 0 aliphatic heterocycles. The van der Waals surface area contributed by atoms with Crippen molar-refractivity contribution in [3.8, 4) is 0 Å². The zero-order chi connectivity index (χ0) is 3.58. The molecule has 0 rings (SSSR count). The Morgan fingerprint density at radius 1 is 1.14 bits per heavy atom. The van der Waals surface area contributed by atoms with Gasteiger partial charge in [0, 0.05) is 0 Å². The molecule has 0 fully saturated rings. The molecule has 0 unspecified atom stereocenters. The number of hydrogen-bond acceptors (Lipinski definition) is 3. The van der Waals surface area contributed by atoms with Crippen LogP contribution in [-0.4, -0.2) is 97.8 Å². The van der Waals surface area contributed by atoms with Crippen LogP contribution in [0.15, 0.2) is 0 Å². The van der Waals surface area contributed by atoms with Crippen molar-refractivity contribution in [3.63, 3.8) is 0 Å². The molecule has 0 saturated heterocycles.